The zero-order chi connectivity index (χ0) is 17.7. The molecule has 0 aliphatic heterocycles. The van der Waals surface area contributed by atoms with Crippen molar-refractivity contribution in [3.05, 3.63) is 60.2 Å². The van der Waals surface area contributed by atoms with E-state index in [0.29, 0.717) is 6.07 Å². The number of nitrogens with zero attached hydrogens (tertiary/aromatic N) is 1. The van der Waals surface area contributed by atoms with Crippen LogP contribution in [0.1, 0.15) is 12.8 Å². The summed E-state index contributed by atoms with van der Waals surface area (Å²) in [5.74, 6) is -2.96. The molecule has 0 bridgehead atoms. The van der Waals surface area contributed by atoms with Crippen LogP contribution in [-0.2, 0) is 14.8 Å². The van der Waals surface area contributed by atoms with Crippen molar-refractivity contribution in [3.63, 3.8) is 0 Å². The highest BCUT2D eigenvalue weighted by atomic mass is 32.2. The van der Waals surface area contributed by atoms with Crippen molar-refractivity contribution in [2.75, 3.05) is 10.8 Å². The summed E-state index contributed by atoms with van der Waals surface area (Å²) in [5.41, 5.74) is -0.328. The number of benzene rings is 2. The number of carbonyl (C=O) groups is 1. The molecule has 2 aromatic carbocycles. The second-order valence-corrected chi connectivity index (χ2v) is 6.85. The Morgan fingerprint density at radius 2 is 1.75 bits per heavy atom. The molecular weight excluding hydrogens is 340 g/mol. The third-order valence-corrected chi connectivity index (χ3v) is 5.09. The molecule has 2 rings (SSSR count). The van der Waals surface area contributed by atoms with Crippen molar-refractivity contribution in [1.82, 2.24) is 0 Å². The number of aliphatic carboxylic acids is 1. The van der Waals surface area contributed by atoms with Gasteiger partial charge in [0.2, 0.25) is 0 Å². The van der Waals surface area contributed by atoms with Crippen LogP contribution in [0.2, 0.25) is 0 Å². The standard InChI is InChI=1S/C16H15F2NO4S/c17-12-8-9-15(14(18)11-12)19(10-4-7-16(20)21)24(22,23)13-5-2-1-3-6-13/h1-3,5-6,8-9,11H,4,7,10H2,(H,20,21). The molecule has 0 atom stereocenters. The van der Waals surface area contributed by atoms with E-state index in [1.165, 1.54) is 24.3 Å². The van der Waals surface area contributed by atoms with Crippen LogP contribution in [0.25, 0.3) is 0 Å². The molecule has 0 aliphatic carbocycles. The Labute approximate surface area is 138 Å². The minimum atomic E-state index is -4.11. The molecule has 0 radical (unpaired) electrons. The number of hydrogen-bond donors (Lipinski definition) is 1. The first-order valence-electron chi connectivity index (χ1n) is 7.07. The highest BCUT2D eigenvalue weighted by Crippen LogP contribution is 2.27. The van der Waals surface area contributed by atoms with Crippen molar-refractivity contribution in [2.45, 2.75) is 17.7 Å². The molecule has 2 aromatic rings. The normalized spacial score (nSPS) is 11.2. The summed E-state index contributed by atoms with van der Waals surface area (Å²) >= 11 is 0. The summed E-state index contributed by atoms with van der Waals surface area (Å²) < 4.78 is 53.5. The summed E-state index contributed by atoms with van der Waals surface area (Å²) in [5, 5.41) is 8.72. The fourth-order valence-corrected chi connectivity index (χ4v) is 3.68. The van der Waals surface area contributed by atoms with Crippen molar-refractivity contribution in [2.24, 2.45) is 0 Å². The summed E-state index contributed by atoms with van der Waals surface area (Å²) in [6.07, 6.45) is -0.290. The van der Waals surface area contributed by atoms with Gasteiger partial charge in [-0.3, -0.25) is 9.10 Å². The second-order valence-electron chi connectivity index (χ2n) is 4.98. The third kappa shape index (κ3) is 4.08. The molecule has 0 saturated heterocycles. The van der Waals surface area contributed by atoms with Gasteiger partial charge >= 0.3 is 5.97 Å². The quantitative estimate of drug-likeness (QED) is 0.828. The van der Waals surface area contributed by atoms with Gasteiger partial charge in [0, 0.05) is 19.0 Å². The minimum Gasteiger partial charge on any atom is -0.481 e. The number of rotatable bonds is 7. The smallest absolute Gasteiger partial charge is 0.303 e. The average molecular weight is 355 g/mol. The van der Waals surface area contributed by atoms with Crippen LogP contribution in [0.4, 0.5) is 14.5 Å². The van der Waals surface area contributed by atoms with E-state index in [1.54, 1.807) is 6.07 Å². The molecule has 0 saturated carbocycles. The molecule has 0 unspecified atom stereocenters. The molecule has 24 heavy (non-hydrogen) atoms. The summed E-state index contributed by atoms with van der Waals surface area (Å²) in [6.45, 7) is -0.244. The Balaban J connectivity index is 2.44. The van der Waals surface area contributed by atoms with Gasteiger partial charge in [0.1, 0.15) is 11.6 Å². The molecule has 5 nitrogen and oxygen atoms in total. The Kier molecular flexibility index (Phi) is 5.50. The molecule has 0 heterocycles. The Morgan fingerprint density at radius 1 is 1.08 bits per heavy atom. The lowest BCUT2D eigenvalue weighted by atomic mass is 10.2. The van der Waals surface area contributed by atoms with E-state index in [-0.39, 0.29) is 30.0 Å². The van der Waals surface area contributed by atoms with E-state index in [9.17, 15) is 22.0 Å². The van der Waals surface area contributed by atoms with Crippen molar-refractivity contribution >= 4 is 21.7 Å². The van der Waals surface area contributed by atoms with E-state index in [2.05, 4.69) is 0 Å². The van der Waals surface area contributed by atoms with E-state index in [0.717, 1.165) is 16.4 Å². The van der Waals surface area contributed by atoms with E-state index >= 15 is 0 Å². The van der Waals surface area contributed by atoms with Crippen LogP contribution in [0.15, 0.2) is 53.4 Å². The topological polar surface area (TPSA) is 74.7 Å². The first kappa shape index (κ1) is 17.9. The summed E-state index contributed by atoms with van der Waals surface area (Å²) in [6, 6.07) is 9.91. The molecule has 0 aromatic heterocycles. The summed E-state index contributed by atoms with van der Waals surface area (Å²) in [4.78, 5) is 10.6. The monoisotopic (exact) mass is 355 g/mol. The Morgan fingerprint density at radius 3 is 2.33 bits per heavy atom. The first-order valence-corrected chi connectivity index (χ1v) is 8.51. The maximum atomic E-state index is 14.1. The zero-order valence-electron chi connectivity index (χ0n) is 12.5. The molecular formula is C16H15F2NO4S. The fourth-order valence-electron chi connectivity index (χ4n) is 2.15. The van der Waals surface area contributed by atoms with Crippen LogP contribution in [-0.4, -0.2) is 26.0 Å². The lowest BCUT2D eigenvalue weighted by Gasteiger charge is -2.24. The van der Waals surface area contributed by atoms with Crippen LogP contribution in [0.5, 0.6) is 0 Å². The van der Waals surface area contributed by atoms with Gasteiger partial charge in [-0.05, 0) is 30.7 Å². The van der Waals surface area contributed by atoms with E-state index < -0.39 is 27.6 Å². The van der Waals surface area contributed by atoms with Gasteiger partial charge in [0.15, 0.2) is 0 Å². The van der Waals surface area contributed by atoms with E-state index in [4.69, 9.17) is 5.11 Å². The van der Waals surface area contributed by atoms with Gasteiger partial charge in [-0.15, -0.1) is 0 Å². The summed E-state index contributed by atoms with van der Waals surface area (Å²) in [7, 11) is -4.11. The van der Waals surface area contributed by atoms with Crippen LogP contribution >= 0.6 is 0 Å². The van der Waals surface area contributed by atoms with Gasteiger partial charge < -0.3 is 5.11 Å². The van der Waals surface area contributed by atoms with Crippen molar-refractivity contribution in [3.8, 4) is 0 Å². The lowest BCUT2D eigenvalue weighted by molar-refractivity contribution is -0.137. The largest absolute Gasteiger partial charge is 0.481 e. The maximum Gasteiger partial charge on any atom is 0.303 e. The van der Waals surface area contributed by atoms with Crippen molar-refractivity contribution < 1.29 is 27.1 Å². The number of sulfonamides is 1. The fraction of sp³-hybridized carbons (Fsp3) is 0.188. The number of carboxylic acid groups (broad SMARTS) is 1. The lowest BCUT2D eigenvalue weighted by Crippen LogP contribution is -2.33. The van der Waals surface area contributed by atoms with Crippen molar-refractivity contribution in [1.29, 1.82) is 0 Å². The van der Waals surface area contributed by atoms with Crippen LogP contribution in [0, 0.1) is 11.6 Å². The number of carboxylic acids is 1. The van der Waals surface area contributed by atoms with Gasteiger partial charge in [-0.25, -0.2) is 17.2 Å². The number of anilines is 1. The van der Waals surface area contributed by atoms with Gasteiger partial charge in [0.25, 0.3) is 10.0 Å². The maximum absolute atomic E-state index is 14.1. The SMILES string of the molecule is O=C(O)CCCN(c1ccc(F)cc1F)S(=O)(=O)c1ccccc1. The Bertz CT molecular complexity index is 825. The first-order chi connectivity index (χ1) is 11.3. The second kappa shape index (κ2) is 7.39. The minimum absolute atomic E-state index is 0.0157. The number of halogens is 2. The zero-order valence-corrected chi connectivity index (χ0v) is 13.3. The van der Waals surface area contributed by atoms with Gasteiger partial charge in [-0.2, -0.15) is 0 Å². The molecule has 1 N–H and O–H groups in total. The predicted octanol–water partition coefficient (Wildman–Crippen LogP) is 3.02. The molecule has 0 aliphatic rings. The molecule has 0 amide bonds. The molecule has 128 valence electrons. The van der Waals surface area contributed by atoms with E-state index in [1.807, 2.05) is 0 Å². The predicted molar refractivity (Wildman–Crippen MR) is 84.2 cm³/mol. The highest BCUT2D eigenvalue weighted by molar-refractivity contribution is 7.92. The van der Waals surface area contributed by atoms with Crippen LogP contribution in [0.3, 0.4) is 0 Å². The average Bonchev–Trinajstić information content (AvgIpc) is 2.53. The molecule has 0 spiro atoms. The Hall–Kier alpha value is -2.48. The third-order valence-electron chi connectivity index (χ3n) is 3.26. The highest BCUT2D eigenvalue weighted by Gasteiger charge is 2.27. The number of hydrogen-bond acceptors (Lipinski definition) is 3. The van der Waals surface area contributed by atoms with Gasteiger partial charge in [-0.1, -0.05) is 18.2 Å². The van der Waals surface area contributed by atoms with Crippen LogP contribution < -0.4 is 4.31 Å². The molecule has 8 heteroatoms. The van der Waals surface area contributed by atoms with Gasteiger partial charge in [0.05, 0.1) is 10.6 Å². The molecule has 0 fully saturated rings.